The first-order valence-electron chi connectivity index (χ1n) is 8.81. The summed E-state index contributed by atoms with van der Waals surface area (Å²) in [7, 11) is 4.00. The summed E-state index contributed by atoms with van der Waals surface area (Å²) in [6, 6.07) is 7.67. The first-order chi connectivity index (χ1) is 12.9. The number of hydrogen-bond acceptors (Lipinski definition) is 6. The second-order valence-corrected chi connectivity index (χ2v) is 7.73. The Balaban J connectivity index is 1.85. The fourth-order valence-electron chi connectivity index (χ4n) is 2.68. The maximum Gasteiger partial charge on any atom is 0.266 e. The van der Waals surface area contributed by atoms with E-state index in [2.05, 4.69) is 14.9 Å². The highest BCUT2D eigenvalue weighted by molar-refractivity contribution is 7.17. The Bertz CT molecular complexity index is 902. The maximum atomic E-state index is 13.3. The number of carbonyl (C=O) groups is 1. The molecule has 3 rings (SSSR count). The van der Waals surface area contributed by atoms with Crippen molar-refractivity contribution in [2.75, 3.05) is 27.2 Å². The summed E-state index contributed by atoms with van der Waals surface area (Å²) in [5.74, 6) is 1.52. The van der Waals surface area contributed by atoms with E-state index in [0.29, 0.717) is 23.7 Å². The van der Waals surface area contributed by atoms with Crippen LogP contribution in [0, 0.1) is 13.8 Å². The van der Waals surface area contributed by atoms with Gasteiger partial charge in [-0.1, -0.05) is 6.07 Å². The molecular weight excluding hydrogens is 360 g/mol. The van der Waals surface area contributed by atoms with Crippen molar-refractivity contribution < 1.29 is 9.21 Å². The minimum Gasteiger partial charge on any atom is -0.459 e. The predicted octanol–water partition coefficient (Wildman–Crippen LogP) is 3.62. The molecular formula is C20H24N4O2S. The molecule has 27 heavy (non-hydrogen) atoms. The number of likely N-dealkylation sites (N-methyl/N-ethyl adjacent to an activating group) is 1. The average Bonchev–Trinajstić information content (AvgIpc) is 3.24. The highest BCUT2D eigenvalue weighted by Gasteiger charge is 2.23. The molecule has 1 amide bonds. The maximum absolute atomic E-state index is 13.3. The quantitative estimate of drug-likeness (QED) is 0.623. The zero-order chi connectivity index (χ0) is 19.4. The topological polar surface area (TPSA) is 62.5 Å². The number of amides is 1. The lowest BCUT2D eigenvalue weighted by Gasteiger charge is -2.24. The zero-order valence-electron chi connectivity index (χ0n) is 16.1. The van der Waals surface area contributed by atoms with Gasteiger partial charge in [-0.25, -0.2) is 4.98 Å². The minimum absolute atomic E-state index is 0.00905. The van der Waals surface area contributed by atoms with Crippen LogP contribution in [-0.4, -0.2) is 52.9 Å². The summed E-state index contributed by atoms with van der Waals surface area (Å²) >= 11 is 1.38. The van der Waals surface area contributed by atoms with E-state index >= 15 is 0 Å². The largest absolute Gasteiger partial charge is 0.459 e. The van der Waals surface area contributed by atoms with E-state index in [0.717, 1.165) is 28.6 Å². The normalized spacial score (nSPS) is 11.1. The highest BCUT2D eigenvalue weighted by atomic mass is 32.1. The molecule has 0 aliphatic carbocycles. The van der Waals surface area contributed by atoms with Crippen molar-refractivity contribution in [1.29, 1.82) is 0 Å². The van der Waals surface area contributed by atoms with Gasteiger partial charge in [0.05, 0.1) is 5.69 Å². The van der Waals surface area contributed by atoms with Crippen molar-refractivity contribution in [2.24, 2.45) is 0 Å². The third kappa shape index (κ3) is 4.81. The molecule has 0 aliphatic rings. The van der Waals surface area contributed by atoms with Crippen LogP contribution in [0.3, 0.4) is 0 Å². The van der Waals surface area contributed by atoms with E-state index in [1.807, 2.05) is 57.1 Å². The Morgan fingerprint density at radius 3 is 2.63 bits per heavy atom. The van der Waals surface area contributed by atoms with Crippen LogP contribution >= 0.6 is 11.3 Å². The number of pyridine rings is 1. The molecule has 0 spiro atoms. The summed E-state index contributed by atoms with van der Waals surface area (Å²) in [6.45, 7) is 5.71. The van der Waals surface area contributed by atoms with Crippen LogP contribution in [0.15, 0.2) is 41.1 Å². The van der Waals surface area contributed by atoms with Gasteiger partial charge in [-0.05, 0) is 51.7 Å². The average molecular weight is 385 g/mol. The number of furan rings is 1. The molecule has 0 unspecified atom stereocenters. The molecule has 0 saturated heterocycles. The first kappa shape index (κ1) is 19.3. The number of aromatic nitrogens is 2. The number of thiazole rings is 1. The summed E-state index contributed by atoms with van der Waals surface area (Å²) in [5, 5.41) is 0.734. The molecule has 0 saturated carbocycles. The molecule has 0 atom stereocenters. The Morgan fingerprint density at radius 1 is 1.19 bits per heavy atom. The molecule has 0 fully saturated rings. The number of aryl methyl sites for hydroxylation is 2. The summed E-state index contributed by atoms with van der Waals surface area (Å²) in [5.41, 5.74) is 1.74. The molecule has 6 nitrogen and oxygen atoms in total. The van der Waals surface area contributed by atoms with Gasteiger partial charge in [-0.3, -0.25) is 9.78 Å². The van der Waals surface area contributed by atoms with E-state index in [1.165, 1.54) is 11.3 Å². The van der Waals surface area contributed by atoms with Crippen molar-refractivity contribution in [3.8, 4) is 10.8 Å². The minimum atomic E-state index is -0.00905. The molecule has 0 aliphatic heterocycles. The van der Waals surface area contributed by atoms with E-state index in [-0.39, 0.29) is 5.91 Å². The molecule has 3 aromatic rings. The van der Waals surface area contributed by atoms with Crippen LogP contribution in [0.5, 0.6) is 0 Å². The van der Waals surface area contributed by atoms with Crippen LogP contribution in [-0.2, 0) is 6.54 Å². The highest BCUT2D eigenvalue weighted by Crippen LogP contribution is 2.30. The van der Waals surface area contributed by atoms with Gasteiger partial charge in [0.15, 0.2) is 10.8 Å². The van der Waals surface area contributed by atoms with Gasteiger partial charge in [0.25, 0.3) is 5.91 Å². The van der Waals surface area contributed by atoms with Crippen molar-refractivity contribution in [1.82, 2.24) is 19.8 Å². The second-order valence-electron chi connectivity index (χ2n) is 6.74. The Labute approximate surface area is 163 Å². The summed E-state index contributed by atoms with van der Waals surface area (Å²) in [6.07, 6.45) is 3.53. The Kier molecular flexibility index (Phi) is 6.03. The molecule has 7 heteroatoms. The van der Waals surface area contributed by atoms with Gasteiger partial charge in [0.1, 0.15) is 10.6 Å². The predicted molar refractivity (Wildman–Crippen MR) is 107 cm³/mol. The standard InChI is InChI=1S/C20H24N4O2S/c1-14-7-8-17(26-14)19-22-15(2)18(27-19)20(25)24(11-10-23(3)4)13-16-6-5-9-21-12-16/h5-9,12H,10-11,13H2,1-4H3. The molecule has 3 heterocycles. The van der Waals surface area contributed by atoms with E-state index in [4.69, 9.17) is 4.42 Å². The van der Waals surface area contributed by atoms with Crippen LogP contribution < -0.4 is 0 Å². The van der Waals surface area contributed by atoms with Gasteiger partial charge < -0.3 is 14.2 Å². The molecule has 0 N–H and O–H groups in total. The summed E-state index contributed by atoms with van der Waals surface area (Å²) < 4.78 is 5.66. The number of rotatable bonds is 7. The Morgan fingerprint density at radius 2 is 2.00 bits per heavy atom. The lowest BCUT2D eigenvalue weighted by Crippen LogP contribution is -2.36. The van der Waals surface area contributed by atoms with Crippen LogP contribution in [0.2, 0.25) is 0 Å². The van der Waals surface area contributed by atoms with Crippen LogP contribution in [0.4, 0.5) is 0 Å². The number of hydrogen-bond donors (Lipinski definition) is 0. The first-order valence-corrected chi connectivity index (χ1v) is 9.63. The van der Waals surface area contributed by atoms with Gasteiger partial charge in [-0.2, -0.15) is 0 Å². The van der Waals surface area contributed by atoms with Gasteiger partial charge in [0.2, 0.25) is 0 Å². The lowest BCUT2D eigenvalue weighted by atomic mass is 10.2. The van der Waals surface area contributed by atoms with Crippen molar-refractivity contribution in [2.45, 2.75) is 20.4 Å². The number of nitrogens with zero attached hydrogens (tertiary/aromatic N) is 4. The van der Waals surface area contributed by atoms with E-state index in [9.17, 15) is 4.79 Å². The monoisotopic (exact) mass is 384 g/mol. The zero-order valence-corrected chi connectivity index (χ0v) is 16.9. The smallest absolute Gasteiger partial charge is 0.266 e. The third-order valence-electron chi connectivity index (χ3n) is 4.14. The fourth-order valence-corrected chi connectivity index (χ4v) is 3.67. The molecule has 3 aromatic heterocycles. The summed E-state index contributed by atoms with van der Waals surface area (Å²) in [4.78, 5) is 26.6. The molecule has 0 aromatic carbocycles. The molecule has 0 bridgehead atoms. The lowest BCUT2D eigenvalue weighted by molar-refractivity contribution is 0.0736. The number of carbonyl (C=O) groups excluding carboxylic acids is 1. The fraction of sp³-hybridized carbons (Fsp3) is 0.350. The molecule has 142 valence electrons. The van der Waals surface area contributed by atoms with Gasteiger partial charge in [-0.15, -0.1) is 11.3 Å². The van der Waals surface area contributed by atoms with E-state index in [1.54, 1.807) is 12.4 Å². The van der Waals surface area contributed by atoms with Crippen molar-refractivity contribution in [3.05, 3.63) is 58.6 Å². The van der Waals surface area contributed by atoms with Gasteiger partial charge >= 0.3 is 0 Å². The van der Waals surface area contributed by atoms with Crippen molar-refractivity contribution >= 4 is 17.2 Å². The molecule has 0 radical (unpaired) electrons. The second kappa shape index (κ2) is 8.45. The SMILES string of the molecule is Cc1ccc(-c2nc(C)c(C(=O)N(CCN(C)C)Cc3cccnc3)s2)o1. The third-order valence-corrected chi connectivity index (χ3v) is 5.30. The van der Waals surface area contributed by atoms with Crippen LogP contribution in [0.25, 0.3) is 10.8 Å². The Hall–Kier alpha value is -2.51. The van der Waals surface area contributed by atoms with Gasteiger partial charge in [0, 0.05) is 32.0 Å². The van der Waals surface area contributed by atoms with Crippen LogP contribution in [0.1, 0.15) is 26.7 Å². The van der Waals surface area contributed by atoms with E-state index < -0.39 is 0 Å². The van der Waals surface area contributed by atoms with Crippen molar-refractivity contribution in [3.63, 3.8) is 0 Å².